The topological polar surface area (TPSA) is 8.17 Å². The highest BCUT2D eigenvalue weighted by molar-refractivity contribution is 6.12. The van der Waals surface area contributed by atoms with Gasteiger partial charge in [0.2, 0.25) is 0 Å². The third-order valence-corrected chi connectivity index (χ3v) is 12.9. The van der Waals surface area contributed by atoms with Crippen LogP contribution >= 0.6 is 0 Å². The first-order valence-electron chi connectivity index (χ1n) is 21.1. The zero-order chi connectivity index (χ0) is 40.3. The molecule has 1 aliphatic rings. The van der Waals surface area contributed by atoms with Crippen LogP contribution in [0.2, 0.25) is 0 Å². The average Bonchev–Trinajstić information content (AvgIpc) is 3.82. The first-order chi connectivity index (χ1) is 30.3. The number of aromatic nitrogens is 1. The van der Waals surface area contributed by atoms with E-state index in [2.05, 4.69) is 252 Å². The molecule has 0 N–H and O–H groups in total. The van der Waals surface area contributed by atoms with Crippen molar-refractivity contribution in [3.63, 3.8) is 0 Å². The summed E-state index contributed by atoms with van der Waals surface area (Å²) in [7, 11) is 0. The molecule has 0 fully saturated rings. The van der Waals surface area contributed by atoms with Crippen molar-refractivity contribution >= 4 is 49.6 Å². The number of rotatable bonds is 7. The van der Waals surface area contributed by atoms with Gasteiger partial charge in [-0.25, -0.2) is 0 Å². The van der Waals surface area contributed by atoms with E-state index in [1.54, 1.807) is 0 Å². The molecule has 0 bridgehead atoms. The van der Waals surface area contributed by atoms with Crippen LogP contribution in [0.15, 0.2) is 243 Å². The Labute approximate surface area is 355 Å². The third-order valence-electron chi connectivity index (χ3n) is 12.9. The van der Waals surface area contributed by atoms with Crippen LogP contribution in [-0.2, 0) is 5.41 Å². The largest absolute Gasteiger partial charge is 0.310 e. The van der Waals surface area contributed by atoms with Crippen LogP contribution in [0.1, 0.15) is 22.3 Å². The smallest absolute Gasteiger partial charge is 0.0714 e. The van der Waals surface area contributed by atoms with E-state index in [-0.39, 0.29) is 0 Å². The number of benzene rings is 10. The Bertz CT molecular complexity index is 3360. The lowest BCUT2D eigenvalue weighted by Gasteiger charge is -2.35. The quantitative estimate of drug-likeness (QED) is 0.156. The molecule has 11 aromatic rings. The molecule has 0 saturated heterocycles. The van der Waals surface area contributed by atoms with Crippen LogP contribution in [0.4, 0.5) is 17.1 Å². The molecule has 2 nitrogen and oxygen atoms in total. The molecule has 61 heavy (non-hydrogen) atoms. The predicted octanol–water partition coefficient (Wildman–Crippen LogP) is 15.4. The molecule has 0 unspecified atom stereocenters. The molecule has 0 saturated carbocycles. The van der Waals surface area contributed by atoms with Gasteiger partial charge in [-0.1, -0.05) is 188 Å². The molecule has 0 spiro atoms. The minimum Gasteiger partial charge on any atom is -0.310 e. The Morgan fingerprint density at radius 2 is 0.869 bits per heavy atom. The van der Waals surface area contributed by atoms with Gasteiger partial charge in [-0.2, -0.15) is 0 Å². The van der Waals surface area contributed by atoms with Gasteiger partial charge < -0.3 is 9.47 Å². The van der Waals surface area contributed by atoms with Gasteiger partial charge in [0.25, 0.3) is 0 Å². The van der Waals surface area contributed by atoms with Crippen molar-refractivity contribution in [2.24, 2.45) is 0 Å². The van der Waals surface area contributed by atoms with Crippen LogP contribution in [0.25, 0.3) is 60.5 Å². The summed E-state index contributed by atoms with van der Waals surface area (Å²) in [6, 6.07) is 89.1. The maximum Gasteiger partial charge on any atom is 0.0714 e. The van der Waals surface area contributed by atoms with Gasteiger partial charge in [0.1, 0.15) is 0 Å². The molecule has 0 radical (unpaired) electrons. The highest BCUT2D eigenvalue weighted by atomic mass is 15.1. The first-order valence-corrected chi connectivity index (χ1v) is 21.1. The van der Waals surface area contributed by atoms with Crippen molar-refractivity contribution in [2.75, 3.05) is 4.90 Å². The minimum absolute atomic E-state index is 0.511. The normalized spacial score (nSPS) is 12.7. The van der Waals surface area contributed by atoms with Gasteiger partial charge in [0.05, 0.1) is 22.1 Å². The summed E-state index contributed by atoms with van der Waals surface area (Å²) in [5.41, 5.74) is 16.4. The molecule has 0 atom stereocenters. The monoisotopic (exact) mass is 776 g/mol. The van der Waals surface area contributed by atoms with Gasteiger partial charge in [-0.15, -0.1) is 0 Å². The van der Waals surface area contributed by atoms with Gasteiger partial charge in [0.15, 0.2) is 0 Å². The first kappa shape index (κ1) is 35.0. The molecule has 286 valence electrons. The van der Waals surface area contributed by atoms with E-state index in [9.17, 15) is 0 Å². The lowest BCUT2D eigenvalue weighted by Crippen LogP contribution is -2.28. The van der Waals surface area contributed by atoms with Crippen molar-refractivity contribution in [1.29, 1.82) is 0 Å². The predicted molar refractivity (Wildman–Crippen MR) is 256 cm³/mol. The third kappa shape index (κ3) is 5.43. The summed E-state index contributed by atoms with van der Waals surface area (Å²) < 4.78 is 2.44. The van der Waals surface area contributed by atoms with E-state index in [0.717, 1.165) is 17.1 Å². The zero-order valence-corrected chi connectivity index (χ0v) is 33.5. The second-order valence-corrected chi connectivity index (χ2v) is 16.1. The van der Waals surface area contributed by atoms with Crippen molar-refractivity contribution in [3.05, 3.63) is 265 Å². The summed E-state index contributed by atoms with van der Waals surface area (Å²) in [6.07, 6.45) is 0. The standard InChI is InChI=1S/C59H40N2/c1-4-17-41(18-5-1)42-31-33-46(34-32-42)60(47-36-38-58-53(39-47)52-27-13-15-29-57(52)61(58)56-30-16-20-43-19-10-11-25-49(43)56)48-35-37-51-50-26-12-14-28-54(50)59(55(51)40-48,44-21-6-2-7-22-44)45-23-8-3-9-24-45/h1-40H. The van der Waals surface area contributed by atoms with E-state index in [4.69, 9.17) is 0 Å². The lowest BCUT2D eigenvalue weighted by atomic mass is 9.67. The number of hydrogen-bond acceptors (Lipinski definition) is 1. The van der Waals surface area contributed by atoms with E-state index in [0.29, 0.717) is 0 Å². The fourth-order valence-electron chi connectivity index (χ4n) is 10.2. The van der Waals surface area contributed by atoms with Crippen molar-refractivity contribution in [1.82, 2.24) is 4.57 Å². The number of hydrogen-bond donors (Lipinski definition) is 0. The van der Waals surface area contributed by atoms with E-state index in [1.165, 1.54) is 82.8 Å². The van der Waals surface area contributed by atoms with E-state index in [1.807, 2.05) is 0 Å². The van der Waals surface area contributed by atoms with Crippen LogP contribution in [0, 0.1) is 0 Å². The van der Waals surface area contributed by atoms with Gasteiger partial charge in [0, 0.05) is 33.2 Å². The molecule has 0 amide bonds. The van der Waals surface area contributed by atoms with Crippen molar-refractivity contribution in [2.45, 2.75) is 5.41 Å². The van der Waals surface area contributed by atoms with Gasteiger partial charge >= 0.3 is 0 Å². The second kappa shape index (κ2) is 14.1. The van der Waals surface area contributed by atoms with E-state index >= 15 is 0 Å². The molecule has 2 heteroatoms. The number of para-hydroxylation sites is 1. The number of nitrogens with zero attached hydrogens (tertiary/aromatic N) is 2. The summed E-state index contributed by atoms with van der Waals surface area (Å²) in [5, 5.41) is 4.90. The minimum atomic E-state index is -0.511. The average molecular weight is 777 g/mol. The van der Waals surface area contributed by atoms with Crippen molar-refractivity contribution in [3.8, 4) is 27.9 Å². The fraction of sp³-hybridized carbons (Fsp3) is 0.0169. The summed E-state index contributed by atoms with van der Waals surface area (Å²) in [4.78, 5) is 2.45. The summed E-state index contributed by atoms with van der Waals surface area (Å²) in [6.45, 7) is 0. The molecule has 12 rings (SSSR count). The van der Waals surface area contributed by atoms with Crippen LogP contribution in [-0.4, -0.2) is 4.57 Å². The Morgan fingerprint density at radius 1 is 0.328 bits per heavy atom. The summed E-state index contributed by atoms with van der Waals surface area (Å²) >= 11 is 0. The van der Waals surface area contributed by atoms with Gasteiger partial charge in [-0.3, -0.25) is 0 Å². The lowest BCUT2D eigenvalue weighted by molar-refractivity contribution is 0.768. The Balaban J connectivity index is 1.11. The SMILES string of the molecule is c1ccc(-c2ccc(N(c3ccc4c(c3)C(c3ccccc3)(c3ccccc3)c3ccccc3-4)c3ccc4c(c3)c3ccccc3n4-c3cccc4ccccc34)cc2)cc1. The number of fused-ring (bicyclic) bond motifs is 7. The summed E-state index contributed by atoms with van der Waals surface area (Å²) in [5.74, 6) is 0. The highest BCUT2D eigenvalue weighted by Gasteiger charge is 2.46. The molecule has 10 aromatic carbocycles. The molecular formula is C59H40N2. The highest BCUT2D eigenvalue weighted by Crippen LogP contribution is 2.57. The zero-order valence-electron chi connectivity index (χ0n) is 33.5. The second-order valence-electron chi connectivity index (χ2n) is 16.1. The Kier molecular flexibility index (Phi) is 8.11. The molecule has 1 heterocycles. The van der Waals surface area contributed by atoms with Crippen LogP contribution in [0.3, 0.4) is 0 Å². The van der Waals surface area contributed by atoms with Crippen molar-refractivity contribution < 1.29 is 0 Å². The van der Waals surface area contributed by atoms with Gasteiger partial charge in [-0.05, 0) is 104 Å². The Morgan fingerprint density at radius 3 is 1.64 bits per heavy atom. The molecule has 1 aromatic heterocycles. The molecular weight excluding hydrogens is 737 g/mol. The van der Waals surface area contributed by atoms with Crippen LogP contribution in [0.5, 0.6) is 0 Å². The molecule has 0 aliphatic heterocycles. The van der Waals surface area contributed by atoms with E-state index < -0.39 is 5.41 Å². The maximum absolute atomic E-state index is 2.46. The van der Waals surface area contributed by atoms with Crippen LogP contribution < -0.4 is 4.90 Å². The maximum atomic E-state index is 2.46. The number of anilines is 3. The Hall–Kier alpha value is -7.94. The molecule has 1 aliphatic carbocycles. The fourth-order valence-corrected chi connectivity index (χ4v) is 10.2.